The van der Waals surface area contributed by atoms with Crippen LogP contribution in [0.5, 0.6) is 11.5 Å². The van der Waals surface area contributed by atoms with Gasteiger partial charge in [-0.05, 0) is 64.8 Å². The molecule has 0 unspecified atom stereocenters. The number of methoxy groups -OCH3 is 1. The summed E-state index contributed by atoms with van der Waals surface area (Å²) in [6, 6.07) is 12.6. The molecular weight excluding hydrogens is 422 g/mol. The van der Waals surface area contributed by atoms with Crippen molar-refractivity contribution < 1.29 is 19.0 Å². The standard InChI is InChI=1S/C22H28BrNO4/c1-3-4-5-6-13-28-21-12-7-17(16-20(21)23)22(25)24-18-8-10-19(11-9-18)27-15-14-26-2/h7-12,16H,3-6,13-15H2,1-2H3,(H,24,25). The molecule has 0 spiro atoms. The quantitative estimate of drug-likeness (QED) is 0.423. The van der Waals surface area contributed by atoms with E-state index in [9.17, 15) is 4.79 Å². The van der Waals surface area contributed by atoms with Crippen LogP contribution >= 0.6 is 15.9 Å². The van der Waals surface area contributed by atoms with E-state index in [0.29, 0.717) is 31.1 Å². The fourth-order valence-electron chi connectivity index (χ4n) is 2.55. The van der Waals surface area contributed by atoms with E-state index in [0.717, 1.165) is 22.4 Å². The van der Waals surface area contributed by atoms with E-state index >= 15 is 0 Å². The number of carbonyl (C=O) groups is 1. The van der Waals surface area contributed by atoms with Gasteiger partial charge in [0.1, 0.15) is 18.1 Å². The van der Waals surface area contributed by atoms with Crippen LogP contribution in [0.4, 0.5) is 5.69 Å². The molecule has 0 atom stereocenters. The zero-order valence-electron chi connectivity index (χ0n) is 16.5. The summed E-state index contributed by atoms with van der Waals surface area (Å²) in [5, 5.41) is 2.88. The summed E-state index contributed by atoms with van der Waals surface area (Å²) in [5.41, 5.74) is 1.27. The van der Waals surface area contributed by atoms with Crippen molar-refractivity contribution in [3.8, 4) is 11.5 Å². The number of rotatable bonds is 12. The second kappa shape index (κ2) is 12.4. The third-order valence-electron chi connectivity index (χ3n) is 4.12. The normalized spacial score (nSPS) is 10.5. The lowest BCUT2D eigenvalue weighted by atomic mass is 10.2. The van der Waals surface area contributed by atoms with E-state index < -0.39 is 0 Å². The lowest BCUT2D eigenvalue weighted by Gasteiger charge is -2.11. The largest absolute Gasteiger partial charge is 0.492 e. The first-order valence-electron chi connectivity index (χ1n) is 9.59. The van der Waals surface area contributed by atoms with Crippen molar-refractivity contribution in [2.75, 3.05) is 32.2 Å². The van der Waals surface area contributed by atoms with E-state index in [-0.39, 0.29) is 5.91 Å². The lowest BCUT2D eigenvalue weighted by Crippen LogP contribution is -2.12. The first kappa shape index (κ1) is 22.2. The first-order valence-corrected chi connectivity index (χ1v) is 10.4. The molecule has 2 rings (SSSR count). The summed E-state index contributed by atoms with van der Waals surface area (Å²) < 4.78 is 17.0. The third kappa shape index (κ3) is 7.52. The van der Waals surface area contributed by atoms with Crippen LogP contribution in [-0.2, 0) is 4.74 Å². The molecule has 0 radical (unpaired) electrons. The van der Waals surface area contributed by atoms with E-state index in [2.05, 4.69) is 28.2 Å². The molecule has 0 aliphatic rings. The van der Waals surface area contributed by atoms with Crippen molar-refractivity contribution in [1.29, 1.82) is 0 Å². The molecule has 28 heavy (non-hydrogen) atoms. The van der Waals surface area contributed by atoms with Crippen molar-refractivity contribution in [2.24, 2.45) is 0 Å². The molecule has 0 fully saturated rings. The number of halogens is 1. The Hall–Kier alpha value is -2.05. The van der Waals surface area contributed by atoms with E-state index in [1.54, 1.807) is 19.2 Å². The highest BCUT2D eigenvalue weighted by Gasteiger charge is 2.10. The monoisotopic (exact) mass is 449 g/mol. The molecule has 0 aromatic heterocycles. The highest BCUT2D eigenvalue weighted by molar-refractivity contribution is 9.10. The Morgan fingerprint density at radius 3 is 2.43 bits per heavy atom. The predicted octanol–water partition coefficient (Wildman–Crippen LogP) is 5.69. The number of nitrogens with one attached hydrogen (secondary N) is 1. The summed E-state index contributed by atoms with van der Waals surface area (Å²) in [7, 11) is 1.63. The van der Waals surface area contributed by atoms with Gasteiger partial charge in [-0.1, -0.05) is 26.2 Å². The Morgan fingerprint density at radius 2 is 1.75 bits per heavy atom. The van der Waals surface area contributed by atoms with Crippen molar-refractivity contribution in [1.82, 2.24) is 0 Å². The van der Waals surface area contributed by atoms with Gasteiger partial charge in [0.15, 0.2) is 0 Å². The van der Waals surface area contributed by atoms with Gasteiger partial charge in [-0.2, -0.15) is 0 Å². The molecule has 1 amide bonds. The molecule has 0 saturated heterocycles. The number of anilines is 1. The summed E-state index contributed by atoms with van der Waals surface area (Å²) in [4.78, 5) is 12.5. The Balaban J connectivity index is 1.87. The van der Waals surface area contributed by atoms with Gasteiger partial charge in [-0.3, -0.25) is 4.79 Å². The minimum atomic E-state index is -0.178. The van der Waals surface area contributed by atoms with Crippen molar-refractivity contribution in [3.63, 3.8) is 0 Å². The van der Waals surface area contributed by atoms with Gasteiger partial charge in [0.05, 0.1) is 17.7 Å². The van der Waals surface area contributed by atoms with E-state index in [1.807, 2.05) is 30.3 Å². The molecule has 5 nitrogen and oxygen atoms in total. The topological polar surface area (TPSA) is 56.8 Å². The molecule has 1 N–H and O–H groups in total. The molecule has 6 heteroatoms. The van der Waals surface area contributed by atoms with E-state index in [1.165, 1.54) is 19.3 Å². The van der Waals surface area contributed by atoms with Gasteiger partial charge < -0.3 is 19.5 Å². The fourth-order valence-corrected chi connectivity index (χ4v) is 3.04. The van der Waals surface area contributed by atoms with Crippen molar-refractivity contribution in [2.45, 2.75) is 32.6 Å². The minimum absolute atomic E-state index is 0.178. The molecule has 0 aliphatic heterocycles. The SMILES string of the molecule is CCCCCCOc1ccc(C(=O)Nc2ccc(OCCOC)cc2)cc1Br. The molecule has 0 heterocycles. The fraction of sp³-hybridized carbons (Fsp3) is 0.409. The Labute approximate surface area is 175 Å². The summed E-state index contributed by atoms with van der Waals surface area (Å²) >= 11 is 3.49. The second-order valence-electron chi connectivity index (χ2n) is 6.37. The predicted molar refractivity (Wildman–Crippen MR) is 116 cm³/mol. The number of hydrogen-bond donors (Lipinski definition) is 1. The summed E-state index contributed by atoms with van der Waals surface area (Å²) in [5.74, 6) is 1.31. The van der Waals surface area contributed by atoms with E-state index in [4.69, 9.17) is 14.2 Å². The van der Waals surface area contributed by atoms with Gasteiger partial charge in [-0.25, -0.2) is 0 Å². The van der Waals surface area contributed by atoms with Crippen LogP contribution in [0.2, 0.25) is 0 Å². The number of hydrogen-bond acceptors (Lipinski definition) is 4. The van der Waals surface area contributed by atoms with Gasteiger partial charge in [0.25, 0.3) is 5.91 Å². The summed E-state index contributed by atoms with van der Waals surface area (Å²) in [6.07, 6.45) is 4.64. The molecule has 152 valence electrons. The molecule has 0 aliphatic carbocycles. The van der Waals surface area contributed by atoms with Crippen LogP contribution in [0.15, 0.2) is 46.9 Å². The number of benzene rings is 2. The highest BCUT2D eigenvalue weighted by Crippen LogP contribution is 2.27. The Kier molecular flexibility index (Phi) is 9.86. The van der Waals surface area contributed by atoms with Gasteiger partial charge in [-0.15, -0.1) is 0 Å². The van der Waals surface area contributed by atoms with Crippen LogP contribution in [0.1, 0.15) is 43.0 Å². The zero-order valence-corrected chi connectivity index (χ0v) is 18.1. The summed E-state index contributed by atoms with van der Waals surface area (Å²) in [6.45, 7) is 3.89. The van der Waals surface area contributed by atoms with Gasteiger partial charge in [0, 0.05) is 18.4 Å². The molecule has 0 saturated carbocycles. The first-order chi connectivity index (χ1) is 13.6. The highest BCUT2D eigenvalue weighted by atomic mass is 79.9. The maximum atomic E-state index is 12.5. The zero-order chi connectivity index (χ0) is 20.2. The van der Waals surface area contributed by atoms with Gasteiger partial charge in [0.2, 0.25) is 0 Å². The molecule has 2 aromatic rings. The minimum Gasteiger partial charge on any atom is -0.492 e. The Bertz CT molecular complexity index is 734. The molecule has 2 aromatic carbocycles. The molecular formula is C22H28BrNO4. The van der Waals surface area contributed by atoms with Crippen LogP contribution < -0.4 is 14.8 Å². The van der Waals surface area contributed by atoms with Gasteiger partial charge >= 0.3 is 0 Å². The molecule has 0 bridgehead atoms. The van der Waals surface area contributed by atoms with Crippen LogP contribution in [0.3, 0.4) is 0 Å². The maximum absolute atomic E-state index is 12.5. The second-order valence-corrected chi connectivity index (χ2v) is 7.23. The smallest absolute Gasteiger partial charge is 0.255 e. The van der Waals surface area contributed by atoms with Crippen LogP contribution in [0, 0.1) is 0 Å². The van der Waals surface area contributed by atoms with Crippen LogP contribution in [-0.4, -0.2) is 32.8 Å². The maximum Gasteiger partial charge on any atom is 0.255 e. The van der Waals surface area contributed by atoms with Crippen LogP contribution in [0.25, 0.3) is 0 Å². The number of ether oxygens (including phenoxy) is 3. The average Bonchev–Trinajstić information content (AvgIpc) is 2.70. The number of amides is 1. The lowest BCUT2D eigenvalue weighted by molar-refractivity contribution is 0.102. The van der Waals surface area contributed by atoms with Crippen molar-refractivity contribution >= 4 is 27.5 Å². The Morgan fingerprint density at radius 1 is 0.964 bits per heavy atom. The third-order valence-corrected chi connectivity index (χ3v) is 4.74. The number of carbonyl (C=O) groups excluding carboxylic acids is 1. The average molecular weight is 450 g/mol. The van der Waals surface area contributed by atoms with Crippen molar-refractivity contribution in [3.05, 3.63) is 52.5 Å². The number of unbranched alkanes of at least 4 members (excludes halogenated alkanes) is 3.